The smallest absolute Gasteiger partial charge is 0.175 e. The van der Waals surface area contributed by atoms with E-state index in [9.17, 15) is 0 Å². The second-order valence-corrected chi connectivity index (χ2v) is 9.11. The van der Waals surface area contributed by atoms with E-state index in [0.29, 0.717) is 12.1 Å². The molecule has 0 atom stereocenters. The lowest BCUT2D eigenvalue weighted by Gasteiger charge is -2.57. The van der Waals surface area contributed by atoms with Crippen LogP contribution in [0.5, 0.6) is 11.5 Å². The molecule has 1 N–H and O–H groups in total. The zero-order chi connectivity index (χ0) is 17.4. The Kier molecular flexibility index (Phi) is 4.85. The second-order valence-electron chi connectivity index (χ2n) is 8.26. The van der Waals surface area contributed by atoms with Crippen LogP contribution in [0.1, 0.15) is 44.1 Å². The predicted molar refractivity (Wildman–Crippen MR) is 104 cm³/mol. The highest BCUT2D eigenvalue weighted by molar-refractivity contribution is 9.10. The molecular weight excluding hydrogens is 378 g/mol. The molecule has 0 spiro atoms. The lowest BCUT2D eigenvalue weighted by Crippen LogP contribution is -2.58. The van der Waals surface area contributed by atoms with Gasteiger partial charge in [-0.2, -0.15) is 0 Å². The third kappa shape index (κ3) is 3.48. The molecule has 3 nitrogen and oxygen atoms in total. The summed E-state index contributed by atoms with van der Waals surface area (Å²) in [6.07, 6.45) is 10.3. The number of halogens is 1. The number of hydrogen-bond acceptors (Lipinski definition) is 3. The van der Waals surface area contributed by atoms with Gasteiger partial charge in [0.25, 0.3) is 0 Å². The van der Waals surface area contributed by atoms with Gasteiger partial charge >= 0.3 is 0 Å². The van der Waals surface area contributed by atoms with Crippen molar-refractivity contribution >= 4 is 15.9 Å². The lowest BCUT2D eigenvalue weighted by atomic mass is 9.53. The van der Waals surface area contributed by atoms with Gasteiger partial charge in [0.2, 0.25) is 0 Å². The molecule has 4 saturated carbocycles. The van der Waals surface area contributed by atoms with Crippen LogP contribution in [0.2, 0.25) is 0 Å². The molecule has 0 amide bonds. The van der Waals surface area contributed by atoms with Crippen LogP contribution < -0.4 is 14.8 Å². The molecule has 4 aliphatic rings. The van der Waals surface area contributed by atoms with Gasteiger partial charge in [-0.3, -0.25) is 0 Å². The first-order valence-electron chi connectivity index (χ1n) is 9.46. The van der Waals surface area contributed by atoms with Crippen molar-refractivity contribution in [2.45, 2.75) is 50.6 Å². The minimum atomic E-state index is 0.381. The Hall–Kier alpha value is -1.00. The van der Waals surface area contributed by atoms with Crippen LogP contribution in [0, 0.1) is 17.8 Å². The molecule has 1 aromatic carbocycles. The van der Waals surface area contributed by atoms with E-state index in [1.807, 2.05) is 0 Å². The Balaban J connectivity index is 1.48. The van der Waals surface area contributed by atoms with E-state index in [1.54, 1.807) is 13.2 Å². The SMILES string of the molecule is C=CCOc1c(Br)cc(CNC23CC4CC(CC(C4)C2)C3)cc1OC. The largest absolute Gasteiger partial charge is 0.493 e. The summed E-state index contributed by atoms with van der Waals surface area (Å²) in [6.45, 7) is 5.07. The molecule has 0 saturated heterocycles. The van der Waals surface area contributed by atoms with Gasteiger partial charge in [0.15, 0.2) is 11.5 Å². The summed E-state index contributed by atoms with van der Waals surface area (Å²) in [5, 5.41) is 3.95. The summed E-state index contributed by atoms with van der Waals surface area (Å²) in [5.41, 5.74) is 1.62. The van der Waals surface area contributed by atoms with Crippen LogP contribution in [0.3, 0.4) is 0 Å². The highest BCUT2D eigenvalue weighted by Gasteiger charge is 2.50. The minimum Gasteiger partial charge on any atom is -0.493 e. The normalized spacial score (nSPS) is 32.6. The maximum absolute atomic E-state index is 5.73. The molecule has 4 bridgehead atoms. The van der Waals surface area contributed by atoms with Gasteiger partial charge in [-0.15, -0.1) is 0 Å². The summed E-state index contributed by atoms with van der Waals surface area (Å²) >= 11 is 3.64. The average Bonchev–Trinajstić information content (AvgIpc) is 2.57. The molecule has 5 rings (SSSR count). The quantitative estimate of drug-likeness (QED) is 0.641. The third-order valence-corrected chi connectivity index (χ3v) is 6.93. The standard InChI is InChI=1S/C21H28BrNO2/c1-3-4-25-20-18(22)8-17(9-19(20)24-2)13-23-21-10-14-5-15(11-21)7-16(6-14)12-21/h3,8-9,14-16,23H,1,4-7,10-13H2,2H3. The summed E-state index contributed by atoms with van der Waals surface area (Å²) in [5.74, 6) is 4.43. The van der Waals surface area contributed by atoms with E-state index in [0.717, 1.165) is 40.3 Å². The van der Waals surface area contributed by atoms with Crippen molar-refractivity contribution in [1.29, 1.82) is 0 Å². The topological polar surface area (TPSA) is 30.5 Å². The summed E-state index contributed by atoms with van der Waals surface area (Å²) in [7, 11) is 1.69. The lowest BCUT2D eigenvalue weighted by molar-refractivity contribution is -0.0206. The number of rotatable bonds is 7. The van der Waals surface area contributed by atoms with Crippen LogP contribution in [0.25, 0.3) is 0 Å². The molecule has 4 aliphatic carbocycles. The number of hydrogen-bond donors (Lipinski definition) is 1. The van der Waals surface area contributed by atoms with E-state index in [4.69, 9.17) is 9.47 Å². The molecule has 0 unspecified atom stereocenters. The van der Waals surface area contributed by atoms with Gasteiger partial charge in [0.05, 0.1) is 11.6 Å². The van der Waals surface area contributed by atoms with Gasteiger partial charge in [-0.05, 0) is 89.9 Å². The average molecular weight is 406 g/mol. The zero-order valence-electron chi connectivity index (χ0n) is 15.0. The highest BCUT2D eigenvalue weighted by Crippen LogP contribution is 2.55. The van der Waals surface area contributed by atoms with Crippen molar-refractivity contribution < 1.29 is 9.47 Å². The number of benzene rings is 1. The molecule has 4 heteroatoms. The maximum atomic E-state index is 5.73. The molecule has 4 fully saturated rings. The van der Waals surface area contributed by atoms with E-state index >= 15 is 0 Å². The van der Waals surface area contributed by atoms with Crippen LogP contribution in [0.15, 0.2) is 29.3 Å². The Morgan fingerprint density at radius 1 is 1.20 bits per heavy atom. The van der Waals surface area contributed by atoms with Crippen LogP contribution in [0.4, 0.5) is 0 Å². The Morgan fingerprint density at radius 2 is 1.84 bits per heavy atom. The number of methoxy groups -OCH3 is 1. The van der Waals surface area contributed by atoms with Crippen molar-refractivity contribution in [1.82, 2.24) is 5.32 Å². The summed E-state index contributed by atoms with van der Waals surface area (Å²) < 4.78 is 12.2. The van der Waals surface area contributed by atoms with E-state index < -0.39 is 0 Å². The molecule has 0 aromatic heterocycles. The van der Waals surface area contributed by atoms with Crippen molar-refractivity contribution in [3.8, 4) is 11.5 Å². The fourth-order valence-electron chi connectivity index (χ4n) is 5.77. The Labute approximate surface area is 159 Å². The molecule has 25 heavy (non-hydrogen) atoms. The molecular formula is C21H28BrNO2. The van der Waals surface area contributed by atoms with Gasteiger partial charge in [-0.1, -0.05) is 12.7 Å². The first kappa shape index (κ1) is 17.4. The number of ether oxygens (including phenoxy) is 2. The first-order valence-corrected chi connectivity index (χ1v) is 10.3. The highest BCUT2D eigenvalue weighted by atomic mass is 79.9. The Bertz CT molecular complexity index is 622. The van der Waals surface area contributed by atoms with E-state index in [1.165, 1.54) is 44.1 Å². The monoisotopic (exact) mass is 405 g/mol. The molecule has 0 radical (unpaired) electrons. The van der Waals surface area contributed by atoms with Gasteiger partial charge in [-0.25, -0.2) is 0 Å². The van der Waals surface area contributed by atoms with Crippen LogP contribution in [-0.2, 0) is 6.54 Å². The molecule has 0 aliphatic heterocycles. The van der Waals surface area contributed by atoms with E-state index in [-0.39, 0.29) is 0 Å². The van der Waals surface area contributed by atoms with E-state index in [2.05, 4.69) is 40.0 Å². The molecule has 1 aromatic rings. The van der Waals surface area contributed by atoms with Crippen LogP contribution in [-0.4, -0.2) is 19.3 Å². The minimum absolute atomic E-state index is 0.381. The maximum Gasteiger partial charge on any atom is 0.175 e. The van der Waals surface area contributed by atoms with Crippen molar-refractivity contribution in [2.75, 3.05) is 13.7 Å². The van der Waals surface area contributed by atoms with Crippen molar-refractivity contribution in [2.24, 2.45) is 17.8 Å². The van der Waals surface area contributed by atoms with Gasteiger partial charge in [0.1, 0.15) is 6.61 Å². The molecule has 136 valence electrons. The van der Waals surface area contributed by atoms with Crippen molar-refractivity contribution in [3.05, 3.63) is 34.8 Å². The van der Waals surface area contributed by atoms with Gasteiger partial charge < -0.3 is 14.8 Å². The fraction of sp³-hybridized carbons (Fsp3) is 0.619. The third-order valence-electron chi connectivity index (χ3n) is 6.34. The zero-order valence-corrected chi connectivity index (χ0v) is 16.6. The first-order chi connectivity index (χ1) is 12.1. The van der Waals surface area contributed by atoms with Gasteiger partial charge in [0, 0.05) is 12.1 Å². The molecule has 0 heterocycles. The fourth-order valence-corrected chi connectivity index (χ4v) is 6.38. The van der Waals surface area contributed by atoms with Crippen LogP contribution >= 0.6 is 15.9 Å². The Morgan fingerprint density at radius 3 is 2.40 bits per heavy atom. The second kappa shape index (κ2) is 6.96. The number of nitrogens with one attached hydrogen (secondary N) is 1. The summed E-state index contributed by atoms with van der Waals surface area (Å²) in [6, 6.07) is 4.24. The predicted octanol–water partition coefficient (Wildman–Crippen LogP) is 5.08. The van der Waals surface area contributed by atoms with Crippen molar-refractivity contribution in [3.63, 3.8) is 0 Å². The summed E-state index contributed by atoms with van der Waals surface area (Å²) in [4.78, 5) is 0.